The van der Waals surface area contributed by atoms with Crippen molar-refractivity contribution in [2.24, 2.45) is 11.3 Å². The summed E-state index contributed by atoms with van der Waals surface area (Å²) in [4.78, 5) is 18.9. The smallest absolute Gasteiger partial charge is 0.265 e. The number of nitrogens with two attached hydrogens (primary N) is 1. The highest BCUT2D eigenvalue weighted by Gasteiger charge is 2.22. The highest BCUT2D eigenvalue weighted by Crippen LogP contribution is 2.28. The van der Waals surface area contributed by atoms with Gasteiger partial charge in [0.15, 0.2) is 5.13 Å². The summed E-state index contributed by atoms with van der Waals surface area (Å²) in [6, 6.07) is 0. The Hall–Kier alpha value is -1.30. The molecule has 0 bridgehead atoms. The summed E-state index contributed by atoms with van der Waals surface area (Å²) < 4.78 is 0. The van der Waals surface area contributed by atoms with Gasteiger partial charge in [-0.3, -0.25) is 4.79 Å². The SMILES string of the molecule is CCN(C)c1nc(N)c(C(=O)NCC(C)C(C)(C)C)s1. The van der Waals surface area contributed by atoms with Gasteiger partial charge in [0.05, 0.1) is 0 Å². The Bertz CT molecular complexity index is 464. The number of hydrogen-bond acceptors (Lipinski definition) is 5. The van der Waals surface area contributed by atoms with Gasteiger partial charge in [-0.15, -0.1) is 0 Å². The molecule has 1 amide bonds. The zero-order valence-corrected chi connectivity index (χ0v) is 14.1. The van der Waals surface area contributed by atoms with Gasteiger partial charge in [-0.2, -0.15) is 0 Å². The van der Waals surface area contributed by atoms with Crippen LogP contribution in [0.4, 0.5) is 10.9 Å². The van der Waals surface area contributed by atoms with E-state index in [1.54, 1.807) is 0 Å². The fourth-order valence-electron chi connectivity index (χ4n) is 1.41. The van der Waals surface area contributed by atoms with E-state index in [1.807, 2.05) is 18.9 Å². The molecule has 0 saturated carbocycles. The quantitative estimate of drug-likeness (QED) is 0.876. The molecule has 0 aliphatic heterocycles. The van der Waals surface area contributed by atoms with Crippen molar-refractivity contribution >= 4 is 28.2 Å². The van der Waals surface area contributed by atoms with Gasteiger partial charge in [-0.1, -0.05) is 39.0 Å². The number of hydrogen-bond donors (Lipinski definition) is 2. The van der Waals surface area contributed by atoms with Gasteiger partial charge >= 0.3 is 0 Å². The van der Waals surface area contributed by atoms with E-state index in [-0.39, 0.29) is 11.3 Å². The first-order valence-electron chi connectivity index (χ1n) is 6.92. The van der Waals surface area contributed by atoms with Crippen LogP contribution in [0.3, 0.4) is 0 Å². The highest BCUT2D eigenvalue weighted by atomic mass is 32.1. The summed E-state index contributed by atoms with van der Waals surface area (Å²) >= 11 is 1.34. The average molecular weight is 298 g/mol. The van der Waals surface area contributed by atoms with Crippen LogP contribution in [0.15, 0.2) is 0 Å². The average Bonchev–Trinajstić information content (AvgIpc) is 2.75. The molecule has 0 spiro atoms. The Labute approximate surface area is 125 Å². The Balaban J connectivity index is 2.71. The number of rotatable bonds is 5. The normalized spacial score (nSPS) is 13.1. The van der Waals surface area contributed by atoms with Crippen LogP contribution in [0.2, 0.25) is 0 Å². The number of carbonyl (C=O) groups excluding carboxylic acids is 1. The van der Waals surface area contributed by atoms with Gasteiger partial charge in [-0.25, -0.2) is 4.98 Å². The number of nitrogens with one attached hydrogen (secondary N) is 1. The van der Waals surface area contributed by atoms with Gasteiger partial charge in [0, 0.05) is 20.1 Å². The third-order valence-corrected chi connectivity index (χ3v) is 4.88. The van der Waals surface area contributed by atoms with Crippen molar-refractivity contribution in [3.8, 4) is 0 Å². The van der Waals surface area contributed by atoms with E-state index in [0.717, 1.165) is 11.7 Å². The van der Waals surface area contributed by atoms with Crippen LogP contribution in [-0.2, 0) is 0 Å². The van der Waals surface area contributed by atoms with E-state index in [1.165, 1.54) is 11.3 Å². The molecule has 0 aliphatic carbocycles. The zero-order chi connectivity index (χ0) is 15.5. The van der Waals surface area contributed by atoms with Crippen LogP contribution in [-0.4, -0.2) is 31.0 Å². The lowest BCUT2D eigenvalue weighted by Gasteiger charge is -2.27. The zero-order valence-electron chi connectivity index (χ0n) is 13.3. The van der Waals surface area contributed by atoms with E-state index in [2.05, 4.69) is 38.0 Å². The van der Waals surface area contributed by atoms with E-state index < -0.39 is 0 Å². The number of nitrogens with zero attached hydrogens (tertiary/aromatic N) is 2. The minimum absolute atomic E-state index is 0.133. The maximum atomic E-state index is 12.2. The van der Waals surface area contributed by atoms with Crippen molar-refractivity contribution in [3.63, 3.8) is 0 Å². The summed E-state index contributed by atoms with van der Waals surface area (Å²) in [6.45, 7) is 12.1. The van der Waals surface area contributed by atoms with Crippen LogP contribution in [0.5, 0.6) is 0 Å². The fourth-order valence-corrected chi connectivity index (χ4v) is 2.34. The highest BCUT2D eigenvalue weighted by molar-refractivity contribution is 7.18. The Morgan fingerprint density at radius 3 is 2.60 bits per heavy atom. The predicted octanol–water partition coefficient (Wildman–Crippen LogP) is 2.59. The Morgan fingerprint density at radius 1 is 1.50 bits per heavy atom. The molecule has 0 aromatic carbocycles. The van der Waals surface area contributed by atoms with Crippen molar-refractivity contribution < 1.29 is 4.79 Å². The van der Waals surface area contributed by atoms with Crippen LogP contribution >= 0.6 is 11.3 Å². The lowest BCUT2D eigenvalue weighted by atomic mass is 9.82. The summed E-state index contributed by atoms with van der Waals surface area (Å²) in [5, 5.41) is 3.73. The third-order valence-electron chi connectivity index (χ3n) is 3.70. The van der Waals surface area contributed by atoms with E-state index >= 15 is 0 Å². The summed E-state index contributed by atoms with van der Waals surface area (Å²) in [5.74, 6) is 0.566. The summed E-state index contributed by atoms with van der Waals surface area (Å²) in [5.41, 5.74) is 6.01. The second-order valence-electron chi connectivity index (χ2n) is 6.20. The predicted molar refractivity (Wildman–Crippen MR) is 86.4 cm³/mol. The summed E-state index contributed by atoms with van der Waals surface area (Å²) in [6.07, 6.45) is 0. The molecule has 1 unspecified atom stereocenters. The summed E-state index contributed by atoms with van der Waals surface area (Å²) in [7, 11) is 1.93. The van der Waals surface area contributed by atoms with Crippen LogP contribution in [0.1, 0.15) is 44.3 Å². The van der Waals surface area contributed by atoms with Gasteiger partial charge in [-0.05, 0) is 18.3 Å². The molecule has 3 N–H and O–H groups in total. The molecule has 20 heavy (non-hydrogen) atoms. The molecule has 1 rings (SSSR count). The fraction of sp³-hybridized carbons (Fsp3) is 0.714. The van der Waals surface area contributed by atoms with Crippen molar-refractivity contribution in [3.05, 3.63) is 4.88 Å². The number of anilines is 2. The van der Waals surface area contributed by atoms with Crippen molar-refractivity contribution in [1.29, 1.82) is 0 Å². The number of aromatic nitrogens is 1. The van der Waals surface area contributed by atoms with Gasteiger partial charge in [0.1, 0.15) is 10.7 Å². The molecule has 5 nitrogen and oxygen atoms in total. The third kappa shape index (κ3) is 4.10. The standard InChI is InChI=1S/C14H26N4OS/c1-7-18(6)13-17-11(15)10(20-13)12(19)16-8-9(2)14(3,4)5/h9H,7-8,15H2,1-6H3,(H,16,19). The van der Waals surface area contributed by atoms with Crippen molar-refractivity contribution in [2.75, 3.05) is 30.8 Å². The molecule has 0 fully saturated rings. The molecule has 1 aromatic rings. The largest absolute Gasteiger partial charge is 0.382 e. The maximum absolute atomic E-state index is 12.2. The molecular weight excluding hydrogens is 272 g/mol. The molecule has 114 valence electrons. The van der Waals surface area contributed by atoms with E-state index in [0.29, 0.717) is 23.2 Å². The first kappa shape index (κ1) is 16.8. The van der Waals surface area contributed by atoms with Crippen LogP contribution < -0.4 is 16.0 Å². The molecule has 0 saturated heterocycles. The van der Waals surface area contributed by atoms with E-state index in [9.17, 15) is 4.79 Å². The number of nitrogen functional groups attached to an aromatic ring is 1. The van der Waals surface area contributed by atoms with Crippen molar-refractivity contribution in [1.82, 2.24) is 10.3 Å². The lowest BCUT2D eigenvalue weighted by Crippen LogP contribution is -2.33. The molecule has 0 aliphatic rings. The first-order valence-corrected chi connectivity index (χ1v) is 7.74. The van der Waals surface area contributed by atoms with Gasteiger partial charge < -0.3 is 16.0 Å². The second kappa shape index (κ2) is 6.43. The first-order chi connectivity index (χ1) is 9.16. The second-order valence-corrected chi connectivity index (χ2v) is 7.18. The number of thiazole rings is 1. The molecule has 0 radical (unpaired) electrons. The van der Waals surface area contributed by atoms with Gasteiger partial charge in [0.2, 0.25) is 0 Å². The molecule has 1 atom stereocenters. The minimum Gasteiger partial charge on any atom is -0.382 e. The van der Waals surface area contributed by atoms with Crippen LogP contribution in [0, 0.1) is 11.3 Å². The lowest BCUT2D eigenvalue weighted by molar-refractivity contribution is 0.0942. The number of carbonyl (C=O) groups is 1. The Morgan fingerprint density at radius 2 is 2.10 bits per heavy atom. The topological polar surface area (TPSA) is 71.2 Å². The number of amides is 1. The molecule has 6 heteroatoms. The molecule has 1 heterocycles. The van der Waals surface area contributed by atoms with Crippen molar-refractivity contribution in [2.45, 2.75) is 34.6 Å². The van der Waals surface area contributed by atoms with E-state index in [4.69, 9.17) is 5.73 Å². The Kier molecular flexibility index (Phi) is 5.39. The minimum atomic E-state index is -0.133. The molecular formula is C14H26N4OS. The molecule has 1 aromatic heterocycles. The van der Waals surface area contributed by atoms with Crippen LogP contribution in [0.25, 0.3) is 0 Å². The monoisotopic (exact) mass is 298 g/mol. The van der Waals surface area contributed by atoms with Gasteiger partial charge in [0.25, 0.3) is 5.91 Å². The maximum Gasteiger partial charge on any atom is 0.265 e.